The van der Waals surface area contributed by atoms with Gasteiger partial charge in [0.15, 0.2) is 4.34 Å². The number of hydrogen-bond donors (Lipinski definition) is 1. The van der Waals surface area contributed by atoms with E-state index in [1.807, 2.05) is 12.3 Å². The third kappa shape index (κ3) is 4.95. The van der Waals surface area contributed by atoms with Gasteiger partial charge in [-0.1, -0.05) is 23.4 Å². The minimum absolute atomic E-state index is 0.0483. The second-order valence-corrected chi connectivity index (χ2v) is 10.4. The highest BCUT2D eigenvalue weighted by Gasteiger charge is 2.22. The van der Waals surface area contributed by atoms with Crippen LogP contribution < -0.4 is 5.32 Å². The topological polar surface area (TPSA) is 79.4 Å². The lowest BCUT2D eigenvalue weighted by Crippen LogP contribution is -2.24. The number of thioether (sulfide) groups is 1. The highest BCUT2D eigenvalue weighted by atomic mass is 35.5. The van der Waals surface area contributed by atoms with E-state index in [4.69, 9.17) is 11.6 Å². The van der Waals surface area contributed by atoms with E-state index in [9.17, 15) is 13.2 Å². The van der Waals surface area contributed by atoms with Gasteiger partial charge >= 0.3 is 0 Å². The Kier molecular flexibility index (Phi) is 6.50. The number of carbonyl (C=O) groups is 1. The van der Waals surface area contributed by atoms with Crippen molar-refractivity contribution in [1.29, 1.82) is 0 Å². The number of aryl methyl sites for hydroxylation is 1. The Morgan fingerprint density at radius 1 is 1.40 bits per heavy atom. The van der Waals surface area contributed by atoms with Crippen LogP contribution in [0.5, 0.6) is 0 Å². The van der Waals surface area contributed by atoms with Crippen LogP contribution in [0, 0.1) is 6.92 Å². The van der Waals surface area contributed by atoms with Crippen LogP contribution in [0.15, 0.2) is 32.8 Å². The molecule has 0 bridgehead atoms. The predicted molar refractivity (Wildman–Crippen MR) is 103 cm³/mol. The lowest BCUT2D eigenvalue weighted by atomic mass is 10.3. The van der Waals surface area contributed by atoms with E-state index < -0.39 is 10.0 Å². The summed E-state index contributed by atoms with van der Waals surface area (Å²) < 4.78 is 26.5. The van der Waals surface area contributed by atoms with E-state index >= 15 is 0 Å². The predicted octanol–water partition coefficient (Wildman–Crippen LogP) is 3.47. The monoisotopic (exact) mass is 419 g/mol. The summed E-state index contributed by atoms with van der Waals surface area (Å²) in [5, 5.41) is 4.37. The summed E-state index contributed by atoms with van der Waals surface area (Å²) in [4.78, 5) is 16.6. The largest absolute Gasteiger partial charge is 0.325 e. The van der Waals surface area contributed by atoms with Crippen molar-refractivity contribution < 1.29 is 13.2 Å². The molecule has 10 heteroatoms. The third-order valence-electron chi connectivity index (χ3n) is 3.20. The standard InChI is InChI=1S/C15H18ClN3O3S3/c1-9-8-23-15(17-9)24-10(2)14(20)18-11-5-6-12(16)13(7-11)25(21,22)19(3)4/h5-8,10H,1-4H3,(H,18,20). The summed E-state index contributed by atoms with van der Waals surface area (Å²) in [6.07, 6.45) is 0. The fraction of sp³-hybridized carbons (Fsp3) is 0.333. The number of amides is 1. The molecule has 6 nitrogen and oxygen atoms in total. The Balaban J connectivity index is 2.15. The molecule has 0 radical (unpaired) electrons. The number of benzene rings is 1. The van der Waals surface area contributed by atoms with Gasteiger partial charge in [-0.2, -0.15) is 0 Å². The van der Waals surface area contributed by atoms with Crippen LogP contribution in [-0.2, 0) is 14.8 Å². The van der Waals surface area contributed by atoms with Gasteiger partial charge in [0, 0.05) is 30.9 Å². The molecule has 0 saturated carbocycles. The van der Waals surface area contributed by atoms with Gasteiger partial charge in [0.2, 0.25) is 15.9 Å². The zero-order chi connectivity index (χ0) is 18.8. The van der Waals surface area contributed by atoms with Crippen LogP contribution in [0.4, 0.5) is 5.69 Å². The first-order valence-corrected chi connectivity index (χ1v) is 10.8. The van der Waals surface area contributed by atoms with E-state index in [0.717, 1.165) is 14.3 Å². The smallest absolute Gasteiger partial charge is 0.244 e. The first-order chi connectivity index (χ1) is 11.6. The number of anilines is 1. The maximum absolute atomic E-state index is 12.4. The van der Waals surface area contributed by atoms with E-state index in [1.165, 1.54) is 49.3 Å². The molecule has 1 atom stereocenters. The lowest BCUT2D eigenvalue weighted by Gasteiger charge is -2.15. The number of nitrogens with zero attached hydrogens (tertiary/aromatic N) is 2. The van der Waals surface area contributed by atoms with Crippen LogP contribution >= 0.6 is 34.7 Å². The maximum atomic E-state index is 12.4. The van der Waals surface area contributed by atoms with Gasteiger partial charge in [-0.3, -0.25) is 4.79 Å². The molecule has 1 heterocycles. The van der Waals surface area contributed by atoms with Crippen LogP contribution in [0.25, 0.3) is 0 Å². The summed E-state index contributed by atoms with van der Waals surface area (Å²) in [6.45, 7) is 3.66. The third-order valence-corrected chi connectivity index (χ3v) is 7.69. The quantitative estimate of drug-likeness (QED) is 0.725. The molecule has 0 aliphatic carbocycles. The summed E-state index contributed by atoms with van der Waals surface area (Å²) in [5.41, 5.74) is 1.29. The number of halogens is 1. The van der Waals surface area contributed by atoms with Gasteiger partial charge in [0.05, 0.1) is 10.3 Å². The van der Waals surface area contributed by atoms with E-state index in [1.54, 1.807) is 13.0 Å². The molecule has 2 aromatic rings. The highest BCUT2D eigenvalue weighted by molar-refractivity contribution is 8.02. The molecule has 1 N–H and O–H groups in total. The zero-order valence-electron chi connectivity index (χ0n) is 14.1. The van der Waals surface area contributed by atoms with Gasteiger partial charge in [0.25, 0.3) is 0 Å². The number of thiazole rings is 1. The normalized spacial score (nSPS) is 13.0. The minimum Gasteiger partial charge on any atom is -0.325 e. The lowest BCUT2D eigenvalue weighted by molar-refractivity contribution is -0.115. The van der Waals surface area contributed by atoms with Crippen molar-refractivity contribution in [3.63, 3.8) is 0 Å². The highest BCUT2D eigenvalue weighted by Crippen LogP contribution is 2.29. The average molecular weight is 420 g/mol. The number of nitrogens with one attached hydrogen (secondary N) is 1. The van der Waals surface area contributed by atoms with Gasteiger partial charge in [-0.15, -0.1) is 11.3 Å². The molecular weight excluding hydrogens is 402 g/mol. The Labute approximate surface area is 160 Å². The van der Waals surface area contributed by atoms with Crippen molar-refractivity contribution in [1.82, 2.24) is 9.29 Å². The van der Waals surface area contributed by atoms with Crippen LogP contribution in [0.1, 0.15) is 12.6 Å². The van der Waals surface area contributed by atoms with Crippen molar-refractivity contribution >= 4 is 56.3 Å². The molecule has 1 unspecified atom stereocenters. The molecule has 1 aromatic heterocycles. The Morgan fingerprint density at radius 3 is 2.64 bits per heavy atom. The van der Waals surface area contributed by atoms with Gasteiger partial charge < -0.3 is 5.32 Å². The number of carbonyl (C=O) groups excluding carboxylic acids is 1. The molecule has 1 aromatic carbocycles. The Bertz CT molecular complexity index is 881. The molecule has 0 aliphatic rings. The van der Waals surface area contributed by atoms with Gasteiger partial charge in [-0.05, 0) is 32.0 Å². The molecule has 0 fully saturated rings. The maximum Gasteiger partial charge on any atom is 0.244 e. The van der Waals surface area contributed by atoms with Crippen molar-refractivity contribution in [3.05, 3.63) is 34.3 Å². The number of hydrogen-bond acceptors (Lipinski definition) is 6. The number of aromatic nitrogens is 1. The van der Waals surface area contributed by atoms with Crippen molar-refractivity contribution in [3.8, 4) is 0 Å². The average Bonchev–Trinajstić information content (AvgIpc) is 2.93. The van der Waals surface area contributed by atoms with Gasteiger partial charge in [-0.25, -0.2) is 17.7 Å². The minimum atomic E-state index is -3.70. The van der Waals surface area contributed by atoms with E-state index in [2.05, 4.69) is 10.3 Å². The second kappa shape index (κ2) is 8.05. The molecule has 136 valence electrons. The first kappa shape index (κ1) is 20.2. The fourth-order valence-corrected chi connectivity index (χ4v) is 5.19. The Hall–Kier alpha value is -1.13. The van der Waals surface area contributed by atoms with Crippen molar-refractivity contribution in [2.24, 2.45) is 0 Å². The fourth-order valence-electron chi connectivity index (χ4n) is 1.81. The second-order valence-electron chi connectivity index (χ2n) is 5.44. The van der Waals surface area contributed by atoms with Crippen molar-refractivity contribution in [2.75, 3.05) is 19.4 Å². The summed E-state index contributed by atoms with van der Waals surface area (Å²) >= 11 is 8.84. The van der Waals surface area contributed by atoms with Crippen LogP contribution in [0.2, 0.25) is 5.02 Å². The van der Waals surface area contributed by atoms with Crippen LogP contribution in [0.3, 0.4) is 0 Å². The molecule has 25 heavy (non-hydrogen) atoms. The molecule has 0 spiro atoms. The summed E-state index contributed by atoms with van der Waals surface area (Å²) in [6, 6.07) is 4.38. The van der Waals surface area contributed by atoms with E-state index in [-0.39, 0.29) is 21.1 Å². The number of sulfonamides is 1. The zero-order valence-corrected chi connectivity index (χ0v) is 17.3. The SMILES string of the molecule is Cc1csc(SC(C)C(=O)Nc2ccc(Cl)c(S(=O)(=O)N(C)C)c2)n1. The molecular formula is C15H18ClN3O3S3. The first-order valence-electron chi connectivity index (χ1n) is 7.23. The van der Waals surface area contributed by atoms with Gasteiger partial charge in [0.1, 0.15) is 4.90 Å². The summed E-state index contributed by atoms with van der Waals surface area (Å²) in [7, 11) is -0.851. The molecule has 0 saturated heterocycles. The Morgan fingerprint density at radius 2 is 2.08 bits per heavy atom. The van der Waals surface area contributed by atoms with Crippen molar-refractivity contribution in [2.45, 2.75) is 28.3 Å². The molecule has 1 amide bonds. The summed E-state index contributed by atoms with van der Waals surface area (Å²) in [5.74, 6) is -0.242. The number of rotatable bonds is 6. The van der Waals surface area contributed by atoms with E-state index in [0.29, 0.717) is 5.69 Å². The molecule has 2 rings (SSSR count). The van der Waals surface area contributed by atoms with Crippen LogP contribution in [-0.4, -0.2) is 43.0 Å². The molecule has 0 aliphatic heterocycles.